The SMILES string of the molecule is CCCN1CCN(Cc2cc(-c3ccccc3)ccc2O)CC1. The molecule has 0 radical (unpaired) electrons. The highest BCUT2D eigenvalue weighted by molar-refractivity contribution is 5.65. The molecule has 3 rings (SSSR count). The van der Waals surface area contributed by atoms with Gasteiger partial charge in [-0.05, 0) is 36.2 Å². The Kier molecular flexibility index (Phi) is 5.31. The van der Waals surface area contributed by atoms with Gasteiger partial charge in [0.2, 0.25) is 0 Å². The average Bonchev–Trinajstić information content (AvgIpc) is 2.59. The van der Waals surface area contributed by atoms with E-state index < -0.39 is 0 Å². The molecule has 2 aromatic rings. The van der Waals surface area contributed by atoms with Crippen LogP contribution in [0.25, 0.3) is 11.1 Å². The van der Waals surface area contributed by atoms with E-state index >= 15 is 0 Å². The van der Waals surface area contributed by atoms with Gasteiger partial charge in [-0.1, -0.05) is 43.3 Å². The van der Waals surface area contributed by atoms with Gasteiger partial charge in [-0.25, -0.2) is 0 Å². The van der Waals surface area contributed by atoms with Crippen LogP contribution in [0.15, 0.2) is 48.5 Å². The first-order valence-electron chi connectivity index (χ1n) is 8.58. The van der Waals surface area contributed by atoms with Crippen LogP contribution in [0, 0.1) is 0 Å². The molecule has 0 unspecified atom stereocenters. The predicted molar refractivity (Wildman–Crippen MR) is 95.6 cm³/mol. The highest BCUT2D eigenvalue weighted by atomic mass is 16.3. The molecule has 122 valence electrons. The van der Waals surface area contributed by atoms with E-state index in [-0.39, 0.29) is 0 Å². The van der Waals surface area contributed by atoms with Crippen LogP contribution in [0.4, 0.5) is 0 Å². The lowest BCUT2D eigenvalue weighted by atomic mass is 10.0. The van der Waals surface area contributed by atoms with Crippen LogP contribution in [-0.2, 0) is 6.54 Å². The van der Waals surface area contributed by atoms with Crippen molar-refractivity contribution in [3.63, 3.8) is 0 Å². The molecule has 1 heterocycles. The van der Waals surface area contributed by atoms with Crippen molar-refractivity contribution in [3.8, 4) is 16.9 Å². The van der Waals surface area contributed by atoms with E-state index in [4.69, 9.17) is 0 Å². The van der Waals surface area contributed by atoms with Gasteiger partial charge in [0.15, 0.2) is 0 Å². The summed E-state index contributed by atoms with van der Waals surface area (Å²) in [7, 11) is 0. The molecule has 0 saturated carbocycles. The summed E-state index contributed by atoms with van der Waals surface area (Å²) in [6.45, 7) is 8.68. The molecule has 3 heteroatoms. The molecule has 2 aromatic carbocycles. The normalized spacial score (nSPS) is 16.6. The first kappa shape index (κ1) is 16.0. The summed E-state index contributed by atoms with van der Waals surface area (Å²) in [6.07, 6.45) is 1.22. The average molecular weight is 310 g/mol. The van der Waals surface area contributed by atoms with Crippen molar-refractivity contribution in [1.29, 1.82) is 0 Å². The molecule has 0 amide bonds. The van der Waals surface area contributed by atoms with Crippen molar-refractivity contribution in [3.05, 3.63) is 54.1 Å². The predicted octanol–water partition coefficient (Wildman–Crippen LogP) is 3.59. The van der Waals surface area contributed by atoms with Crippen molar-refractivity contribution in [1.82, 2.24) is 9.80 Å². The van der Waals surface area contributed by atoms with Gasteiger partial charge >= 0.3 is 0 Å². The van der Waals surface area contributed by atoms with Crippen molar-refractivity contribution < 1.29 is 5.11 Å². The van der Waals surface area contributed by atoms with Gasteiger partial charge in [0, 0.05) is 38.3 Å². The number of phenolic OH excluding ortho intramolecular Hbond substituents is 1. The molecule has 1 fully saturated rings. The molecule has 1 N–H and O–H groups in total. The Morgan fingerprint density at radius 3 is 2.26 bits per heavy atom. The minimum absolute atomic E-state index is 0.403. The second-order valence-corrected chi connectivity index (χ2v) is 6.33. The summed E-state index contributed by atoms with van der Waals surface area (Å²) in [5.74, 6) is 0.403. The van der Waals surface area contributed by atoms with Crippen molar-refractivity contribution in [2.45, 2.75) is 19.9 Å². The first-order valence-corrected chi connectivity index (χ1v) is 8.58. The third-order valence-corrected chi connectivity index (χ3v) is 4.59. The molecular formula is C20H26N2O. The number of piperazine rings is 1. The van der Waals surface area contributed by atoms with Gasteiger partial charge in [-0.2, -0.15) is 0 Å². The topological polar surface area (TPSA) is 26.7 Å². The second-order valence-electron chi connectivity index (χ2n) is 6.33. The lowest BCUT2D eigenvalue weighted by Crippen LogP contribution is -2.45. The molecular weight excluding hydrogens is 284 g/mol. The van der Waals surface area contributed by atoms with Crippen LogP contribution in [-0.4, -0.2) is 47.6 Å². The number of aromatic hydroxyl groups is 1. The molecule has 0 spiro atoms. The molecule has 3 nitrogen and oxygen atoms in total. The van der Waals surface area contributed by atoms with Gasteiger partial charge in [0.1, 0.15) is 5.75 Å². The number of nitrogens with zero attached hydrogens (tertiary/aromatic N) is 2. The zero-order valence-corrected chi connectivity index (χ0v) is 13.9. The molecule has 0 bridgehead atoms. The van der Waals surface area contributed by atoms with Crippen LogP contribution in [0.1, 0.15) is 18.9 Å². The number of phenols is 1. The molecule has 0 atom stereocenters. The van der Waals surface area contributed by atoms with Crippen LogP contribution >= 0.6 is 0 Å². The third kappa shape index (κ3) is 4.12. The Morgan fingerprint density at radius 2 is 1.57 bits per heavy atom. The maximum Gasteiger partial charge on any atom is 0.120 e. The van der Waals surface area contributed by atoms with E-state index in [2.05, 4.69) is 47.1 Å². The van der Waals surface area contributed by atoms with Crippen LogP contribution in [0.3, 0.4) is 0 Å². The third-order valence-electron chi connectivity index (χ3n) is 4.59. The number of hydrogen-bond acceptors (Lipinski definition) is 3. The lowest BCUT2D eigenvalue weighted by molar-refractivity contribution is 0.126. The Balaban J connectivity index is 1.68. The van der Waals surface area contributed by atoms with Gasteiger partial charge in [0.25, 0.3) is 0 Å². The van der Waals surface area contributed by atoms with E-state index in [9.17, 15) is 5.11 Å². The quantitative estimate of drug-likeness (QED) is 0.914. The highest BCUT2D eigenvalue weighted by Gasteiger charge is 2.17. The fraction of sp³-hybridized carbons (Fsp3) is 0.400. The summed E-state index contributed by atoms with van der Waals surface area (Å²) in [5.41, 5.74) is 3.39. The number of rotatable bonds is 5. The first-order chi connectivity index (χ1) is 11.3. The zero-order valence-electron chi connectivity index (χ0n) is 13.9. The molecule has 1 saturated heterocycles. The summed E-state index contributed by atoms with van der Waals surface area (Å²) >= 11 is 0. The molecule has 0 aromatic heterocycles. The van der Waals surface area contributed by atoms with Crippen LogP contribution in [0.5, 0.6) is 5.75 Å². The van der Waals surface area contributed by atoms with E-state index in [1.165, 1.54) is 24.1 Å². The van der Waals surface area contributed by atoms with Crippen molar-refractivity contribution >= 4 is 0 Å². The van der Waals surface area contributed by atoms with E-state index in [0.717, 1.165) is 38.3 Å². The maximum absolute atomic E-state index is 10.2. The smallest absolute Gasteiger partial charge is 0.120 e. The Bertz CT molecular complexity index is 619. The molecule has 1 aliphatic heterocycles. The number of hydrogen-bond donors (Lipinski definition) is 1. The van der Waals surface area contributed by atoms with Gasteiger partial charge in [-0.15, -0.1) is 0 Å². The summed E-state index contributed by atoms with van der Waals surface area (Å²) < 4.78 is 0. The molecule has 1 aliphatic rings. The highest BCUT2D eigenvalue weighted by Crippen LogP contribution is 2.27. The molecule has 23 heavy (non-hydrogen) atoms. The van der Waals surface area contributed by atoms with Gasteiger partial charge < -0.3 is 10.0 Å². The number of benzene rings is 2. The van der Waals surface area contributed by atoms with E-state index in [1.807, 2.05) is 18.2 Å². The Morgan fingerprint density at radius 1 is 0.870 bits per heavy atom. The fourth-order valence-corrected chi connectivity index (χ4v) is 3.25. The fourth-order valence-electron chi connectivity index (χ4n) is 3.25. The standard InChI is InChI=1S/C20H26N2O/c1-2-10-21-11-13-22(14-12-21)16-19-15-18(8-9-20(19)23)17-6-4-3-5-7-17/h3-9,15,23H,2,10-14,16H2,1H3. The van der Waals surface area contributed by atoms with Crippen LogP contribution in [0.2, 0.25) is 0 Å². The Hall–Kier alpha value is -1.84. The monoisotopic (exact) mass is 310 g/mol. The second kappa shape index (κ2) is 7.62. The van der Waals surface area contributed by atoms with Crippen molar-refractivity contribution in [2.24, 2.45) is 0 Å². The minimum atomic E-state index is 0.403. The van der Waals surface area contributed by atoms with Crippen LogP contribution < -0.4 is 0 Å². The van der Waals surface area contributed by atoms with Crippen molar-refractivity contribution in [2.75, 3.05) is 32.7 Å². The zero-order chi connectivity index (χ0) is 16.1. The van der Waals surface area contributed by atoms with E-state index in [1.54, 1.807) is 0 Å². The van der Waals surface area contributed by atoms with Gasteiger partial charge in [-0.3, -0.25) is 4.90 Å². The van der Waals surface area contributed by atoms with Gasteiger partial charge in [0.05, 0.1) is 0 Å². The maximum atomic E-state index is 10.2. The lowest BCUT2D eigenvalue weighted by Gasteiger charge is -2.34. The minimum Gasteiger partial charge on any atom is -0.508 e. The summed E-state index contributed by atoms with van der Waals surface area (Å²) in [4.78, 5) is 4.97. The largest absolute Gasteiger partial charge is 0.508 e. The summed E-state index contributed by atoms with van der Waals surface area (Å²) in [5, 5.41) is 10.2. The Labute approximate surface area is 139 Å². The molecule has 0 aliphatic carbocycles. The summed E-state index contributed by atoms with van der Waals surface area (Å²) in [6, 6.07) is 16.3. The van der Waals surface area contributed by atoms with E-state index in [0.29, 0.717) is 5.75 Å².